The molecule has 1 N–H and O–H groups in total. The van der Waals surface area contributed by atoms with Crippen LogP contribution in [0.4, 0.5) is 5.69 Å². The SMILES string of the molecule is CCOc1ccc(C(C)=O)cc1NC(=O)C1CCCCC1. The smallest absolute Gasteiger partial charge is 0.227 e. The molecule has 1 aromatic carbocycles. The minimum Gasteiger partial charge on any atom is -0.492 e. The van der Waals surface area contributed by atoms with E-state index in [1.807, 2.05) is 6.92 Å². The molecule has 0 saturated heterocycles. The van der Waals surface area contributed by atoms with Gasteiger partial charge in [0, 0.05) is 11.5 Å². The largest absolute Gasteiger partial charge is 0.492 e. The Morgan fingerprint density at radius 1 is 1.24 bits per heavy atom. The van der Waals surface area contributed by atoms with Crippen LogP contribution in [-0.4, -0.2) is 18.3 Å². The molecule has 0 bridgehead atoms. The first kappa shape index (κ1) is 15.5. The summed E-state index contributed by atoms with van der Waals surface area (Å²) in [7, 11) is 0. The van der Waals surface area contributed by atoms with Crippen molar-refractivity contribution in [1.29, 1.82) is 0 Å². The summed E-state index contributed by atoms with van der Waals surface area (Å²) in [6.45, 7) is 3.93. The highest BCUT2D eigenvalue weighted by molar-refractivity contribution is 5.98. The monoisotopic (exact) mass is 289 g/mol. The van der Waals surface area contributed by atoms with Crippen molar-refractivity contribution in [2.24, 2.45) is 5.92 Å². The minimum absolute atomic E-state index is 0.0220. The predicted molar refractivity (Wildman–Crippen MR) is 82.8 cm³/mol. The number of carbonyl (C=O) groups is 2. The Kier molecular flexibility index (Phi) is 5.37. The Balaban J connectivity index is 2.17. The average Bonchev–Trinajstić information content (AvgIpc) is 2.50. The fourth-order valence-corrected chi connectivity index (χ4v) is 2.73. The van der Waals surface area contributed by atoms with Gasteiger partial charge in [0.1, 0.15) is 5.75 Å². The van der Waals surface area contributed by atoms with Crippen LogP contribution in [0, 0.1) is 5.92 Å². The Hall–Kier alpha value is -1.84. The highest BCUT2D eigenvalue weighted by Gasteiger charge is 2.22. The minimum atomic E-state index is -0.0220. The zero-order valence-electron chi connectivity index (χ0n) is 12.8. The number of Topliss-reactive ketones (excluding diaryl/α,β-unsaturated/α-hetero) is 1. The number of carbonyl (C=O) groups excluding carboxylic acids is 2. The van der Waals surface area contributed by atoms with Gasteiger partial charge in [0.05, 0.1) is 12.3 Å². The number of hydrogen-bond acceptors (Lipinski definition) is 3. The van der Waals surface area contributed by atoms with Gasteiger partial charge in [-0.05, 0) is 44.9 Å². The maximum Gasteiger partial charge on any atom is 0.227 e. The fraction of sp³-hybridized carbons (Fsp3) is 0.529. The number of ether oxygens (including phenoxy) is 1. The molecule has 0 atom stereocenters. The molecule has 114 valence electrons. The summed E-state index contributed by atoms with van der Waals surface area (Å²) in [6.07, 6.45) is 5.34. The van der Waals surface area contributed by atoms with Crippen molar-refractivity contribution in [2.45, 2.75) is 46.0 Å². The molecule has 4 heteroatoms. The lowest BCUT2D eigenvalue weighted by Crippen LogP contribution is -2.25. The molecule has 0 aromatic heterocycles. The van der Waals surface area contributed by atoms with E-state index in [-0.39, 0.29) is 17.6 Å². The van der Waals surface area contributed by atoms with Crippen LogP contribution in [0.2, 0.25) is 0 Å². The lowest BCUT2D eigenvalue weighted by Gasteiger charge is -2.21. The summed E-state index contributed by atoms with van der Waals surface area (Å²) in [5.41, 5.74) is 1.18. The third-order valence-electron chi connectivity index (χ3n) is 3.92. The molecule has 0 aliphatic heterocycles. The summed E-state index contributed by atoms with van der Waals surface area (Å²) in [5, 5.41) is 2.94. The second-order valence-corrected chi connectivity index (χ2v) is 5.52. The Labute approximate surface area is 125 Å². The normalized spacial score (nSPS) is 15.5. The van der Waals surface area contributed by atoms with Crippen molar-refractivity contribution >= 4 is 17.4 Å². The topological polar surface area (TPSA) is 55.4 Å². The summed E-state index contributed by atoms with van der Waals surface area (Å²) < 4.78 is 5.53. The van der Waals surface area contributed by atoms with Crippen LogP contribution in [0.25, 0.3) is 0 Å². The van der Waals surface area contributed by atoms with Gasteiger partial charge in [-0.2, -0.15) is 0 Å². The van der Waals surface area contributed by atoms with Gasteiger partial charge in [0.2, 0.25) is 5.91 Å². The van der Waals surface area contributed by atoms with E-state index in [0.717, 1.165) is 25.7 Å². The van der Waals surface area contributed by atoms with Gasteiger partial charge < -0.3 is 10.1 Å². The summed E-state index contributed by atoms with van der Waals surface area (Å²) in [4.78, 5) is 23.9. The van der Waals surface area contributed by atoms with Crippen molar-refractivity contribution in [1.82, 2.24) is 0 Å². The Bertz CT molecular complexity index is 519. The second-order valence-electron chi connectivity index (χ2n) is 5.52. The molecule has 4 nitrogen and oxygen atoms in total. The van der Waals surface area contributed by atoms with Crippen LogP contribution in [0.1, 0.15) is 56.3 Å². The van der Waals surface area contributed by atoms with E-state index in [4.69, 9.17) is 4.74 Å². The lowest BCUT2D eigenvalue weighted by molar-refractivity contribution is -0.120. The van der Waals surface area contributed by atoms with Crippen LogP contribution in [-0.2, 0) is 4.79 Å². The molecule has 1 aromatic rings. The quantitative estimate of drug-likeness (QED) is 0.839. The molecule has 1 aliphatic rings. The molecule has 1 fully saturated rings. The molecule has 0 spiro atoms. The van der Waals surface area contributed by atoms with E-state index in [1.165, 1.54) is 13.3 Å². The third kappa shape index (κ3) is 4.06. The van der Waals surface area contributed by atoms with E-state index in [9.17, 15) is 9.59 Å². The van der Waals surface area contributed by atoms with E-state index < -0.39 is 0 Å². The van der Waals surface area contributed by atoms with Crippen LogP contribution >= 0.6 is 0 Å². The Morgan fingerprint density at radius 2 is 1.95 bits per heavy atom. The second kappa shape index (κ2) is 7.25. The van der Waals surface area contributed by atoms with E-state index in [1.54, 1.807) is 18.2 Å². The van der Waals surface area contributed by atoms with Crippen molar-refractivity contribution in [3.05, 3.63) is 23.8 Å². The molecule has 1 amide bonds. The van der Waals surface area contributed by atoms with E-state index in [0.29, 0.717) is 23.6 Å². The number of benzene rings is 1. The van der Waals surface area contributed by atoms with Crippen molar-refractivity contribution < 1.29 is 14.3 Å². The van der Waals surface area contributed by atoms with E-state index in [2.05, 4.69) is 5.32 Å². The molecular weight excluding hydrogens is 266 g/mol. The van der Waals surface area contributed by atoms with Gasteiger partial charge in [0.25, 0.3) is 0 Å². The number of hydrogen-bond donors (Lipinski definition) is 1. The molecule has 2 rings (SSSR count). The van der Waals surface area contributed by atoms with E-state index >= 15 is 0 Å². The van der Waals surface area contributed by atoms with Crippen LogP contribution in [0.3, 0.4) is 0 Å². The number of anilines is 1. The number of nitrogens with one attached hydrogen (secondary N) is 1. The molecule has 0 radical (unpaired) electrons. The zero-order valence-corrected chi connectivity index (χ0v) is 12.8. The molecule has 0 unspecified atom stereocenters. The standard InChI is InChI=1S/C17H23NO3/c1-3-21-16-10-9-14(12(2)19)11-15(16)18-17(20)13-7-5-4-6-8-13/h9-11,13H,3-8H2,1-2H3,(H,18,20). The predicted octanol–water partition coefficient (Wildman–Crippen LogP) is 3.81. The van der Waals surface area contributed by atoms with Crippen molar-refractivity contribution in [2.75, 3.05) is 11.9 Å². The van der Waals surface area contributed by atoms with Crippen molar-refractivity contribution in [3.63, 3.8) is 0 Å². The van der Waals surface area contributed by atoms with Crippen LogP contribution < -0.4 is 10.1 Å². The lowest BCUT2D eigenvalue weighted by atomic mass is 9.88. The van der Waals surface area contributed by atoms with Gasteiger partial charge in [-0.3, -0.25) is 9.59 Å². The highest BCUT2D eigenvalue weighted by Crippen LogP contribution is 2.29. The first-order chi connectivity index (χ1) is 10.1. The zero-order chi connectivity index (χ0) is 15.2. The van der Waals surface area contributed by atoms with Crippen LogP contribution in [0.15, 0.2) is 18.2 Å². The summed E-state index contributed by atoms with van der Waals surface area (Å²) in [5.74, 6) is 0.712. The molecule has 1 aliphatic carbocycles. The average molecular weight is 289 g/mol. The number of ketones is 1. The molecular formula is C17H23NO3. The summed E-state index contributed by atoms with van der Waals surface area (Å²) in [6, 6.07) is 5.17. The van der Waals surface area contributed by atoms with Crippen LogP contribution in [0.5, 0.6) is 5.75 Å². The Morgan fingerprint density at radius 3 is 2.57 bits per heavy atom. The van der Waals surface area contributed by atoms with Gasteiger partial charge in [-0.25, -0.2) is 0 Å². The van der Waals surface area contributed by atoms with Gasteiger partial charge in [-0.1, -0.05) is 19.3 Å². The first-order valence-electron chi connectivity index (χ1n) is 7.70. The molecule has 1 saturated carbocycles. The maximum atomic E-state index is 12.4. The van der Waals surface area contributed by atoms with Gasteiger partial charge in [0.15, 0.2) is 5.78 Å². The summed E-state index contributed by atoms with van der Waals surface area (Å²) >= 11 is 0. The highest BCUT2D eigenvalue weighted by atomic mass is 16.5. The van der Waals surface area contributed by atoms with Gasteiger partial charge >= 0.3 is 0 Å². The third-order valence-corrected chi connectivity index (χ3v) is 3.92. The number of rotatable bonds is 5. The maximum absolute atomic E-state index is 12.4. The molecule has 21 heavy (non-hydrogen) atoms. The number of amides is 1. The first-order valence-corrected chi connectivity index (χ1v) is 7.70. The molecule has 0 heterocycles. The van der Waals surface area contributed by atoms with Gasteiger partial charge in [-0.15, -0.1) is 0 Å². The fourth-order valence-electron chi connectivity index (χ4n) is 2.73. The van der Waals surface area contributed by atoms with Crippen molar-refractivity contribution in [3.8, 4) is 5.75 Å².